The Kier molecular flexibility index (Phi) is 4.52. The van der Waals surface area contributed by atoms with E-state index in [0.717, 1.165) is 5.56 Å². The fourth-order valence-electron chi connectivity index (χ4n) is 2.47. The molecular weight excluding hydrogens is 322 g/mol. The maximum atomic E-state index is 12.1. The molecule has 0 saturated heterocycles. The molecule has 0 aromatic heterocycles. The van der Waals surface area contributed by atoms with Gasteiger partial charge in [0.05, 0.1) is 11.1 Å². The molecule has 6 nitrogen and oxygen atoms in total. The summed E-state index contributed by atoms with van der Waals surface area (Å²) in [5, 5.41) is 0.470. The molecule has 0 atom stereocenters. The van der Waals surface area contributed by atoms with Gasteiger partial charge in [-0.05, 0) is 35.7 Å². The van der Waals surface area contributed by atoms with Crippen molar-refractivity contribution in [2.75, 3.05) is 6.61 Å². The standard InChI is InChI=1S/C19H17NO5/c1-12(2)13-7-9-14(10-8-13)24-11-17(21)25-20-18(22)15-5-3-4-6-16(15)19(20)23/h3-10,12H,11H2,1-2H3. The molecule has 0 radical (unpaired) electrons. The predicted octanol–water partition coefficient (Wildman–Crippen LogP) is 2.94. The third-order valence-corrected chi connectivity index (χ3v) is 3.85. The molecule has 0 N–H and O–H groups in total. The van der Waals surface area contributed by atoms with Crippen LogP contribution >= 0.6 is 0 Å². The first kappa shape index (κ1) is 16.7. The molecule has 0 spiro atoms. The molecule has 128 valence electrons. The number of carbonyl (C=O) groups excluding carboxylic acids is 3. The van der Waals surface area contributed by atoms with Gasteiger partial charge in [0.2, 0.25) is 0 Å². The van der Waals surface area contributed by atoms with Crippen LogP contribution in [0.2, 0.25) is 0 Å². The number of hydrogen-bond donors (Lipinski definition) is 0. The number of amides is 2. The second-order valence-corrected chi connectivity index (χ2v) is 5.93. The van der Waals surface area contributed by atoms with Crippen LogP contribution < -0.4 is 4.74 Å². The molecular formula is C19H17NO5. The van der Waals surface area contributed by atoms with Crippen LogP contribution in [0.5, 0.6) is 5.75 Å². The SMILES string of the molecule is CC(C)c1ccc(OCC(=O)ON2C(=O)c3ccccc3C2=O)cc1. The summed E-state index contributed by atoms with van der Waals surface area (Å²) in [5.41, 5.74) is 1.58. The molecule has 0 saturated carbocycles. The summed E-state index contributed by atoms with van der Waals surface area (Å²) in [6.07, 6.45) is 0. The molecule has 6 heteroatoms. The Hall–Kier alpha value is -3.15. The minimum absolute atomic E-state index is 0.213. The number of ether oxygens (including phenoxy) is 1. The van der Waals surface area contributed by atoms with Crippen LogP contribution in [0.15, 0.2) is 48.5 Å². The van der Waals surface area contributed by atoms with Crippen LogP contribution in [0.3, 0.4) is 0 Å². The fourth-order valence-corrected chi connectivity index (χ4v) is 2.47. The number of imide groups is 1. The lowest BCUT2D eigenvalue weighted by Crippen LogP contribution is -2.34. The van der Waals surface area contributed by atoms with E-state index >= 15 is 0 Å². The maximum Gasteiger partial charge on any atom is 0.370 e. The predicted molar refractivity (Wildman–Crippen MR) is 89.1 cm³/mol. The zero-order valence-corrected chi connectivity index (χ0v) is 13.9. The summed E-state index contributed by atoms with van der Waals surface area (Å²) in [6, 6.07) is 13.6. The highest BCUT2D eigenvalue weighted by molar-refractivity contribution is 6.20. The lowest BCUT2D eigenvalue weighted by Gasteiger charge is -2.13. The summed E-state index contributed by atoms with van der Waals surface area (Å²) in [7, 11) is 0. The number of carbonyl (C=O) groups is 3. The van der Waals surface area contributed by atoms with E-state index in [4.69, 9.17) is 9.57 Å². The minimum atomic E-state index is -0.831. The minimum Gasteiger partial charge on any atom is -0.482 e. The van der Waals surface area contributed by atoms with Crippen molar-refractivity contribution in [3.05, 3.63) is 65.2 Å². The van der Waals surface area contributed by atoms with E-state index in [9.17, 15) is 14.4 Å². The van der Waals surface area contributed by atoms with Gasteiger partial charge in [-0.25, -0.2) is 4.79 Å². The fraction of sp³-hybridized carbons (Fsp3) is 0.211. The van der Waals surface area contributed by atoms with Gasteiger partial charge in [0.25, 0.3) is 11.8 Å². The average Bonchev–Trinajstić information content (AvgIpc) is 2.86. The number of hydroxylamine groups is 2. The van der Waals surface area contributed by atoms with Crippen LogP contribution in [0.1, 0.15) is 46.0 Å². The summed E-state index contributed by atoms with van der Waals surface area (Å²) in [5.74, 6) is -1.25. The van der Waals surface area contributed by atoms with Gasteiger partial charge in [-0.1, -0.05) is 43.2 Å². The summed E-state index contributed by atoms with van der Waals surface area (Å²) in [6.45, 7) is 3.75. The second kappa shape index (κ2) is 6.76. The number of benzene rings is 2. The first-order chi connectivity index (χ1) is 12.0. The van der Waals surface area contributed by atoms with Gasteiger partial charge in [0, 0.05) is 0 Å². The molecule has 2 amide bonds. The van der Waals surface area contributed by atoms with E-state index in [1.54, 1.807) is 24.3 Å². The molecule has 3 rings (SSSR count). The Balaban J connectivity index is 1.58. The molecule has 2 aromatic rings. The van der Waals surface area contributed by atoms with Crippen LogP contribution in [-0.2, 0) is 9.63 Å². The molecule has 1 heterocycles. The number of nitrogens with zero attached hydrogens (tertiary/aromatic N) is 1. The Labute approximate surface area is 144 Å². The van der Waals surface area contributed by atoms with Crippen molar-refractivity contribution in [3.8, 4) is 5.75 Å². The Bertz CT molecular complexity index is 791. The van der Waals surface area contributed by atoms with Gasteiger partial charge in [-0.3, -0.25) is 9.59 Å². The van der Waals surface area contributed by atoms with Crippen molar-refractivity contribution in [2.24, 2.45) is 0 Å². The van der Waals surface area contributed by atoms with E-state index in [1.165, 1.54) is 12.1 Å². The molecule has 25 heavy (non-hydrogen) atoms. The van der Waals surface area contributed by atoms with Gasteiger partial charge < -0.3 is 9.57 Å². The monoisotopic (exact) mass is 339 g/mol. The molecule has 2 aromatic carbocycles. The van der Waals surface area contributed by atoms with Gasteiger partial charge in [-0.2, -0.15) is 0 Å². The molecule has 0 aliphatic carbocycles. The van der Waals surface area contributed by atoms with Crippen molar-refractivity contribution in [3.63, 3.8) is 0 Å². The Morgan fingerprint density at radius 2 is 1.52 bits per heavy atom. The molecule has 0 unspecified atom stereocenters. The van der Waals surface area contributed by atoms with Crippen LogP contribution in [0, 0.1) is 0 Å². The van der Waals surface area contributed by atoms with E-state index < -0.39 is 24.4 Å². The topological polar surface area (TPSA) is 72.9 Å². The van der Waals surface area contributed by atoms with Gasteiger partial charge in [0.1, 0.15) is 5.75 Å². The van der Waals surface area contributed by atoms with Crippen LogP contribution in [-0.4, -0.2) is 29.5 Å². The first-order valence-electron chi connectivity index (χ1n) is 7.88. The number of rotatable bonds is 5. The first-order valence-corrected chi connectivity index (χ1v) is 7.88. The van der Waals surface area contributed by atoms with Crippen LogP contribution in [0.4, 0.5) is 0 Å². The number of hydrogen-bond acceptors (Lipinski definition) is 5. The molecule has 0 bridgehead atoms. The van der Waals surface area contributed by atoms with Crippen molar-refractivity contribution >= 4 is 17.8 Å². The normalized spacial score (nSPS) is 13.2. The van der Waals surface area contributed by atoms with E-state index in [1.807, 2.05) is 12.1 Å². The van der Waals surface area contributed by atoms with Gasteiger partial charge >= 0.3 is 5.97 Å². The quantitative estimate of drug-likeness (QED) is 0.783. The summed E-state index contributed by atoms with van der Waals surface area (Å²) >= 11 is 0. The molecule has 1 aliphatic rings. The third kappa shape index (κ3) is 3.38. The largest absolute Gasteiger partial charge is 0.482 e. The second-order valence-electron chi connectivity index (χ2n) is 5.93. The van der Waals surface area contributed by atoms with Crippen molar-refractivity contribution in [1.29, 1.82) is 0 Å². The van der Waals surface area contributed by atoms with Crippen molar-refractivity contribution < 1.29 is 24.0 Å². The zero-order valence-electron chi connectivity index (χ0n) is 13.9. The highest BCUT2D eigenvalue weighted by Crippen LogP contribution is 2.23. The third-order valence-electron chi connectivity index (χ3n) is 3.85. The molecule has 0 fully saturated rings. The highest BCUT2D eigenvalue weighted by atomic mass is 16.7. The number of fused-ring (bicyclic) bond motifs is 1. The van der Waals surface area contributed by atoms with E-state index in [2.05, 4.69) is 13.8 Å². The smallest absolute Gasteiger partial charge is 0.370 e. The summed E-state index contributed by atoms with van der Waals surface area (Å²) < 4.78 is 5.34. The zero-order chi connectivity index (χ0) is 18.0. The lowest BCUT2D eigenvalue weighted by atomic mass is 10.0. The van der Waals surface area contributed by atoms with Crippen molar-refractivity contribution in [1.82, 2.24) is 5.06 Å². The van der Waals surface area contributed by atoms with Crippen LogP contribution in [0.25, 0.3) is 0 Å². The van der Waals surface area contributed by atoms with Crippen molar-refractivity contribution in [2.45, 2.75) is 19.8 Å². The molecule has 1 aliphatic heterocycles. The van der Waals surface area contributed by atoms with E-state index in [-0.39, 0.29) is 11.1 Å². The average molecular weight is 339 g/mol. The maximum absolute atomic E-state index is 12.1. The van der Waals surface area contributed by atoms with E-state index in [0.29, 0.717) is 16.7 Å². The highest BCUT2D eigenvalue weighted by Gasteiger charge is 2.38. The Morgan fingerprint density at radius 1 is 0.960 bits per heavy atom. The Morgan fingerprint density at radius 3 is 2.04 bits per heavy atom. The summed E-state index contributed by atoms with van der Waals surface area (Å²) in [4.78, 5) is 41.0. The van der Waals surface area contributed by atoms with Gasteiger partial charge in [-0.15, -0.1) is 0 Å². The van der Waals surface area contributed by atoms with Gasteiger partial charge in [0.15, 0.2) is 6.61 Å². The lowest BCUT2D eigenvalue weighted by molar-refractivity contribution is -0.170.